The third-order valence-electron chi connectivity index (χ3n) is 3.34. The Morgan fingerprint density at radius 1 is 1.29 bits per heavy atom. The summed E-state index contributed by atoms with van der Waals surface area (Å²) in [4.78, 5) is 40.6. The number of amides is 3. The van der Waals surface area contributed by atoms with Crippen molar-refractivity contribution < 1.29 is 23.5 Å². The van der Waals surface area contributed by atoms with Gasteiger partial charge in [0.1, 0.15) is 11.5 Å². The molecule has 2 aromatic heterocycles. The van der Waals surface area contributed by atoms with Crippen molar-refractivity contribution in [3.05, 3.63) is 59.4 Å². The molecule has 3 heterocycles. The molecular weight excluding hydrogens is 314 g/mol. The van der Waals surface area contributed by atoms with Crippen molar-refractivity contribution in [2.75, 3.05) is 7.11 Å². The van der Waals surface area contributed by atoms with Gasteiger partial charge in [-0.1, -0.05) is 0 Å². The molecule has 0 aliphatic carbocycles. The topological polar surface area (TPSA) is 102 Å². The number of pyridine rings is 1. The Hall–Kier alpha value is -3.42. The zero-order valence-corrected chi connectivity index (χ0v) is 12.7. The van der Waals surface area contributed by atoms with Crippen LogP contribution in [-0.2, 0) is 16.1 Å². The summed E-state index contributed by atoms with van der Waals surface area (Å²) < 4.78 is 9.81. The predicted octanol–water partition coefficient (Wildman–Crippen LogP) is 1.55. The molecule has 24 heavy (non-hydrogen) atoms. The van der Waals surface area contributed by atoms with Gasteiger partial charge in [-0.2, -0.15) is 0 Å². The molecular formula is C16H13N3O5. The van der Waals surface area contributed by atoms with E-state index in [9.17, 15) is 14.4 Å². The molecule has 3 rings (SSSR count). The van der Waals surface area contributed by atoms with Gasteiger partial charge in [-0.15, -0.1) is 0 Å². The summed E-state index contributed by atoms with van der Waals surface area (Å²) in [5.74, 6) is -0.805. The summed E-state index contributed by atoms with van der Waals surface area (Å²) in [6.45, 7) is -0.0880. The van der Waals surface area contributed by atoms with E-state index in [0.717, 1.165) is 10.5 Å². The molecule has 0 spiro atoms. The van der Waals surface area contributed by atoms with Crippen molar-refractivity contribution in [2.45, 2.75) is 6.54 Å². The summed E-state index contributed by atoms with van der Waals surface area (Å²) in [6, 6.07) is 5.80. The van der Waals surface area contributed by atoms with Crippen LogP contribution in [0, 0.1) is 0 Å². The molecule has 0 saturated carbocycles. The van der Waals surface area contributed by atoms with Crippen LogP contribution < -0.4 is 5.32 Å². The largest absolute Gasteiger partial charge is 0.463 e. The Labute approximate surface area is 136 Å². The molecule has 0 radical (unpaired) electrons. The van der Waals surface area contributed by atoms with E-state index >= 15 is 0 Å². The Balaban J connectivity index is 1.76. The van der Waals surface area contributed by atoms with Crippen LogP contribution in [0.25, 0.3) is 6.08 Å². The quantitative estimate of drug-likeness (QED) is 0.519. The maximum Gasteiger partial charge on any atom is 0.373 e. The second-order valence-electron chi connectivity index (χ2n) is 4.92. The SMILES string of the molecule is COC(=O)c1ccc(CN2C(=O)NC(=Cc3ccncc3)C2=O)o1. The van der Waals surface area contributed by atoms with Gasteiger partial charge in [0.2, 0.25) is 5.76 Å². The van der Waals surface area contributed by atoms with Gasteiger partial charge in [-0.3, -0.25) is 14.7 Å². The Morgan fingerprint density at radius 2 is 2.04 bits per heavy atom. The highest BCUT2D eigenvalue weighted by molar-refractivity contribution is 6.13. The van der Waals surface area contributed by atoms with Crippen LogP contribution in [0.4, 0.5) is 4.79 Å². The second-order valence-corrected chi connectivity index (χ2v) is 4.92. The van der Waals surface area contributed by atoms with Crippen LogP contribution in [0.5, 0.6) is 0 Å². The van der Waals surface area contributed by atoms with Gasteiger partial charge in [-0.05, 0) is 35.9 Å². The third kappa shape index (κ3) is 3.02. The molecule has 1 aliphatic rings. The van der Waals surface area contributed by atoms with Gasteiger partial charge in [0.15, 0.2) is 0 Å². The first-order valence-electron chi connectivity index (χ1n) is 7.00. The first kappa shape index (κ1) is 15.5. The van der Waals surface area contributed by atoms with Crippen molar-refractivity contribution in [3.63, 3.8) is 0 Å². The van der Waals surface area contributed by atoms with Gasteiger partial charge in [-0.25, -0.2) is 9.59 Å². The van der Waals surface area contributed by atoms with Crippen molar-refractivity contribution in [1.29, 1.82) is 0 Å². The molecule has 0 unspecified atom stereocenters. The predicted molar refractivity (Wildman–Crippen MR) is 81.3 cm³/mol. The number of rotatable bonds is 4. The molecule has 0 aromatic carbocycles. The minimum atomic E-state index is -0.628. The summed E-state index contributed by atoms with van der Waals surface area (Å²) in [6.07, 6.45) is 4.73. The Morgan fingerprint density at radius 3 is 2.75 bits per heavy atom. The third-order valence-corrected chi connectivity index (χ3v) is 3.34. The molecule has 1 aliphatic heterocycles. The molecule has 1 N–H and O–H groups in total. The molecule has 1 saturated heterocycles. The number of esters is 1. The second kappa shape index (κ2) is 6.37. The van der Waals surface area contributed by atoms with E-state index in [1.54, 1.807) is 30.6 Å². The summed E-state index contributed by atoms with van der Waals surface area (Å²) >= 11 is 0. The maximum absolute atomic E-state index is 12.3. The lowest BCUT2D eigenvalue weighted by Gasteiger charge is -2.09. The molecule has 0 atom stereocenters. The molecule has 1 fully saturated rings. The number of carbonyl (C=O) groups excluding carboxylic acids is 3. The van der Waals surface area contributed by atoms with Gasteiger partial charge in [0, 0.05) is 12.4 Å². The average molecular weight is 327 g/mol. The van der Waals surface area contributed by atoms with E-state index in [0.29, 0.717) is 5.76 Å². The number of carbonyl (C=O) groups is 3. The highest BCUT2D eigenvalue weighted by atomic mass is 16.5. The lowest BCUT2D eigenvalue weighted by Crippen LogP contribution is -2.30. The molecule has 2 aromatic rings. The van der Waals surface area contributed by atoms with E-state index in [1.165, 1.54) is 19.2 Å². The number of methoxy groups -OCH3 is 1. The normalized spacial score (nSPS) is 15.7. The standard InChI is InChI=1S/C16H13N3O5/c1-23-15(21)13-3-2-11(24-13)9-19-14(20)12(18-16(19)22)8-10-4-6-17-7-5-10/h2-8H,9H2,1H3,(H,18,22). The fourth-order valence-electron chi connectivity index (χ4n) is 2.17. The van der Waals surface area contributed by atoms with Crippen LogP contribution >= 0.6 is 0 Å². The molecule has 8 nitrogen and oxygen atoms in total. The van der Waals surface area contributed by atoms with Gasteiger partial charge in [0.05, 0.1) is 13.7 Å². The van der Waals surface area contributed by atoms with E-state index in [-0.39, 0.29) is 18.0 Å². The van der Waals surface area contributed by atoms with E-state index in [1.807, 2.05) is 0 Å². The van der Waals surface area contributed by atoms with Crippen LogP contribution in [0.15, 0.2) is 46.8 Å². The van der Waals surface area contributed by atoms with Crippen LogP contribution in [0.3, 0.4) is 0 Å². The van der Waals surface area contributed by atoms with Crippen LogP contribution in [0.2, 0.25) is 0 Å². The van der Waals surface area contributed by atoms with E-state index < -0.39 is 17.9 Å². The number of aromatic nitrogens is 1. The minimum Gasteiger partial charge on any atom is -0.463 e. The Kier molecular flexibility index (Phi) is 4.11. The van der Waals surface area contributed by atoms with Gasteiger partial charge >= 0.3 is 12.0 Å². The maximum atomic E-state index is 12.3. The van der Waals surface area contributed by atoms with Crippen molar-refractivity contribution in [3.8, 4) is 0 Å². The molecule has 8 heteroatoms. The fourth-order valence-corrected chi connectivity index (χ4v) is 2.17. The number of ether oxygens (including phenoxy) is 1. The lowest BCUT2D eigenvalue weighted by molar-refractivity contribution is -0.123. The van der Waals surface area contributed by atoms with Gasteiger partial charge in [0.25, 0.3) is 5.91 Å². The highest BCUT2D eigenvalue weighted by Gasteiger charge is 2.34. The number of urea groups is 1. The molecule has 3 amide bonds. The van der Waals surface area contributed by atoms with Crippen molar-refractivity contribution in [2.24, 2.45) is 0 Å². The number of hydrogen-bond donors (Lipinski definition) is 1. The minimum absolute atomic E-state index is 0.00658. The van der Waals surface area contributed by atoms with Crippen molar-refractivity contribution in [1.82, 2.24) is 15.2 Å². The van der Waals surface area contributed by atoms with Crippen molar-refractivity contribution >= 4 is 24.0 Å². The first-order valence-corrected chi connectivity index (χ1v) is 7.00. The number of hydrogen-bond acceptors (Lipinski definition) is 6. The zero-order valence-electron chi connectivity index (χ0n) is 12.7. The van der Waals surface area contributed by atoms with E-state index in [4.69, 9.17) is 4.42 Å². The Bertz CT molecular complexity index is 825. The highest BCUT2D eigenvalue weighted by Crippen LogP contribution is 2.18. The summed E-state index contributed by atoms with van der Waals surface area (Å²) in [5, 5.41) is 2.51. The van der Waals surface area contributed by atoms with Crippen LogP contribution in [-0.4, -0.2) is 34.9 Å². The zero-order chi connectivity index (χ0) is 17.1. The molecule has 0 bridgehead atoms. The lowest BCUT2D eigenvalue weighted by atomic mass is 10.2. The summed E-state index contributed by atoms with van der Waals surface area (Å²) in [5.41, 5.74) is 0.896. The first-order chi connectivity index (χ1) is 11.6. The van der Waals surface area contributed by atoms with Gasteiger partial charge < -0.3 is 14.5 Å². The number of nitrogens with one attached hydrogen (secondary N) is 1. The summed E-state index contributed by atoms with van der Waals surface area (Å²) in [7, 11) is 1.23. The smallest absolute Gasteiger partial charge is 0.373 e. The van der Waals surface area contributed by atoms with Crippen LogP contribution in [0.1, 0.15) is 21.9 Å². The molecule has 122 valence electrons. The monoisotopic (exact) mass is 327 g/mol. The number of imide groups is 1. The average Bonchev–Trinajstić information content (AvgIpc) is 3.16. The number of nitrogens with zero attached hydrogens (tertiary/aromatic N) is 2. The fraction of sp³-hybridized carbons (Fsp3) is 0.125. The van der Waals surface area contributed by atoms with E-state index in [2.05, 4.69) is 15.0 Å². The number of furan rings is 1.